The Hall–Kier alpha value is -0.630. The lowest BCUT2D eigenvalue weighted by Crippen LogP contribution is -2.49. The molecule has 1 N–H and O–H groups in total. The van der Waals surface area contributed by atoms with Crippen molar-refractivity contribution in [3.63, 3.8) is 0 Å². The molecule has 1 rings (SSSR count). The zero-order valence-electron chi connectivity index (χ0n) is 12.9. The minimum absolute atomic E-state index is 0.332. The van der Waals surface area contributed by atoms with Gasteiger partial charge in [-0.2, -0.15) is 5.26 Å². The smallest absolute Gasteiger partial charge is 0.103 e. The van der Waals surface area contributed by atoms with E-state index in [4.69, 9.17) is 4.74 Å². The van der Waals surface area contributed by atoms with Gasteiger partial charge in [0.1, 0.15) is 5.54 Å². The summed E-state index contributed by atoms with van der Waals surface area (Å²) in [6.07, 6.45) is 3.42. The second-order valence-corrected chi connectivity index (χ2v) is 5.78. The third-order valence-corrected chi connectivity index (χ3v) is 3.99. The van der Waals surface area contributed by atoms with E-state index < -0.39 is 0 Å². The highest BCUT2D eigenvalue weighted by Gasteiger charge is 2.27. The molecule has 4 nitrogen and oxygen atoms in total. The molecule has 0 aliphatic carbocycles. The topological polar surface area (TPSA) is 48.3 Å². The van der Waals surface area contributed by atoms with Gasteiger partial charge in [0, 0.05) is 12.6 Å². The normalized spacial score (nSPS) is 27.7. The Labute approximate surface area is 118 Å². The molecule has 3 atom stereocenters. The molecule has 0 bridgehead atoms. The largest absolute Gasteiger partial charge is 0.376 e. The molecule has 1 saturated heterocycles. The number of nitriles is 1. The van der Waals surface area contributed by atoms with Crippen molar-refractivity contribution < 1.29 is 4.74 Å². The molecule has 1 fully saturated rings. The zero-order valence-corrected chi connectivity index (χ0v) is 12.9. The highest BCUT2D eigenvalue weighted by molar-refractivity contribution is 5.03. The molecule has 0 aromatic heterocycles. The lowest BCUT2D eigenvalue weighted by atomic mass is 9.97. The number of ether oxygens (including phenoxy) is 1. The van der Waals surface area contributed by atoms with Crippen LogP contribution in [0, 0.1) is 11.3 Å². The maximum atomic E-state index is 9.25. The molecule has 1 aliphatic rings. The van der Waals surface area contributed by atoms with Gasteiger partial charge in [0.15, 0.2) is 0 Å². The summed E-state index contributed by atoms with van der Waals surface area (Å²) in [5.41, 5.74) is -0.381. The van der Waals surface area contributed by atoms with E-state index >= 15 is 0 Å². The Balaban J connectivity index is 2.40. The monoisotopic (exact) mass is 267 g/mol. The van der Waals surface area contributed by atoms with Crippen LogP contribution in [0.2, 0.25) is 0 Å². The van der Waals surface area contributed by atoms with Crippen LogP contribution in [0.15, 0.2) is 0 Å². The molecule has 0 amide bonds. The minimum atomic E-state index is -0.381. The minimum Gasteiger partial charge on any atom is -0.376 e. The van der Waals surface area contributed by atoms with Crippen LogP contribution in [-0.2, 0) is 4.74 Å². The van der Waals surface area contributed by atoms with Gasteiger partial charge in [0.05, 0.1) is 18.8 Å². The number of morpholine rings is 1. The van der Waals surface area contributed by atoms with Gasteiger partial charge < -0.3 is 4.74 Å². The average Bonchev–Trinajstić information content (AvgIpc) is 2.39. The Morgan fingerprint density at radius 3 is 2.79 bits per heavy atom. The number of hydrogen-bond acceptors (Lipinski definition) is 4. The van der Waals surface area contributed by atoms with Crippen molar-refractivity contribution in [3.05, 3.63) is 0 Å². The first kappa shape index (κ1) is 16.4. The summed E-state index contributed by atoms with van der Waals surface area (Å²) in [7, 11) is 0. The van der Waals surface area contributed by atoms with E-state index in [1.807, 2.05) is 13.8 Å². The molecule has 110 valence electrons. The molecule has 1 heterocycles. The Morgan fingerprint density at radius 2 is 2.21 bits per heavy atom. The van der Waals surface area contributed by atoms with Crippen LogP contribution in [-0.4, -0.2) is 48.8 Å². The van der Waals surface area contributed by atoms with E-state index in [-0.39, 0.29) is 5.54 Å². The standard InChI is InChI=1S/C15H29N3O/c1-5-14-11-19-13(3)10-18(14)9-7-8-15(4,12-16)17-6-2/h13-14,17H,5-11H2,1-4H3. The highest BCUT2D eigenvalue weighted by Crippen LogP contribution is 2.17. The first-order valence-corrected chi connectivity index (χ1v) is 7.56. The van der Waals surface area contributed by atoms with Crippen LogP contribution in [0.5, 0.6) is 0 Å². The molecular weight excluding hydrogens is 238 g/mol. The summed E-state index contributed by atoms with van der Waals surface area (Å²) in [5.74, 6) is 0. The van der Waals surface area contributed by atoms with Crippen LogP contribution in [0.4, 0.5) is 0 Å². The number of nitrogens with zero attached hydrogens (tertiary/aromatic N) is 2. The summed E-state index contributed by atoms with van der Waals surface area (Å²) in [6.45, 7) is 12.2. The van der Waals surface area contributed by atoms with Gasteiger partial charge in [-0.25, -0.2) is 0 Å². The maximum Gasteiger partial charge on any atom is 0.103 e. The molecule has 0 radical (unpaired) electrons. The summed E-state index contributed by atoms with van der Waals surface area (Å²) in [5, 5.41) is 12.5. The Morgan fingerprint density at radius 1 is 1.47 bits per heavy atom. The third kappa shape index (κ3) is 5.10. The predicted octanol–water partition coefficient (Wildman–Crippen LogP) is 2.16. The molecule has 3 unspecified atom stereocenters. The molecule has 19 heavy (non-hydrogen) atoms. The summed E-state index contributed by atoms with van der Waals surface area (Å²) in [4.78, 5) is 2.53. The lowest BCUT2D eigenvalue weighted by molar-refractivity contribution is -0.0563. The van der Waals surface area contributed by atoms with E-state index in [0.717, 1.165) is 45.5 Å². The van der Waals surface area contributed by atoms with Crippen molar-refractivity contribution in [3.8, 4) is 6.07 Å². The average molecular weight is 267 g/mol. The highest BCUT2D eigenvalue weighted by atomic mass is 16.5. The van der Waals surface area contributed by atoms with Crippen molar-refractivity contribution in [2.75, 3.05) is 26.2 Å². The summed E-state index contributed by atoms with van der Waals surface area (Å²) >= 11 is 0. The number of rotatable bonds is 7. The number of nitrogens with one attached hydrogen (secondary N) is 1. The molecule has 0 saturated carbocycles. The van der Waals surface area contributed by atoms with Gasteiger partial charge in [-0.15, -0.1) is 0 Å². The molecular formula is C15H29N3O. The van der Waals surface area contributed by atoms with Crippen molar-refractivity contribution in [1.82, 2.24) is 10.2 Å². The van der Waals surface area contributed by atoms with Gasteiger partial charge >= 0.3 is 0 Å². The fraction of sp³-hybridized carbons (Fsp3) is 0.933. The lowest BCUT2D eigenvalue weighted by Gasteiger charge is -2.38. The van der Waals surface area contributed by atoms with Crippen molar-refractivity contribution in [2.24, 2.45) is 0 Å². The first-order valence-electron chi connectivity index (χ1n) is 7.56. The van der Waals surface area contributed by atoms with Gasteiger partial charge in [-0.3, -0.25) is 10.2 Å². The van der Waals surface area contributed by atoms with E-state index in [9.17, 15) is 5.26 Å². The van der Waals surface area contributed by atoms with E-state index in [0.29, 0.717) is 12.1 Å². The van der Waals surface area contributed by atoms with Crippen LogP contribution >= 0.6 is 0 Å². The van der Waals surface area contributed by atoms with E-state index in [1.54, 1.807) is 0 Å². The first-order chi connectivity index (χ1) is 9.04. The van der Waals surface area contributed by atoms with Crippen LogP contribution < -0.4 is 5.32 Å². The molecule has 0 aromatic carbocycles. The Bertz CT molecular complexity index is 302. The zero-order chi connectivity index (χ0) is 14.3. The second kappa shape index (κ2) is 7.84. The van der Waals surface area contributed by atoms with Crippen LogP contribution in [0.3, 0.4) is 0 Å². The Kier molecular flexibility index (Phi) is 6.78. The van der Waals surface area contributed by atoms with E-state index in [1.165, 1.54) is 0 Å². The van der Waals surface area contributed by atoms with Gasteiger partial charge in [0.25, 0.3) is 0 Å². The maximum absolute atomic E-state index is 9.25. The van der Waals surface area contributed by atoms with Crippen molar-refractivity contribution in [1.29, 1.82) is 5.26 Å². The molecule has 0 spiro atoms. The summed E-state index contributed by atoms with van der Waals surface area (Å²) in [6, 6.07) is 2.94. The van der Waals surface area contributed by atoms with Gasteiger partial charge in [0.2, 0.25) is 0 Å². The van der Waals surface area contributed by atoms with Gasteiger partial charge in [-0.1, -0.05) is 13.8 Å². The molecule has 0 aromatic rings. The van der Waals surface area contributed by atoms with Crippen molar-refractivity contribution >= 4 is 0 Å². The number of hydrogen-bond donors (Lipinski definition) is 1. The van der Waals surface area contributed by atoms with Crippen molar-refractivity contribution in [2.45, 2.75) is 64.6 Å². The fourth-order valence-electron chi connectivity index (χ4n) is 2.77. The fourth-order valence-corrected chi connectivity index (χ4v) is 2.77. The second-order valence-electron chi connectivity index (χ2n) is 5.78. The SMILES string of the molecule is CCNC(C)(C#N)CCCN1CC(C)OCC1CC. The van der Waals surface area contributed by atoms with Crippen LogP contribution in [0.1, 0.15) is 47.0 Å². The molecule has 1 aliphatic heterocycles. The molecule has 4 heteroatoms. The predicted molar refractivity (Wildman–Crippen MR) is 78.0 cm³/mol. The quantitative estimate of drug-likeness (QED) is 0.768. The summed E-state index contributed by atoms with van der Waals surface area (Å²) < 4.78 is 5.71. The third-order valence-electron chi connectivity index (χ3n) is 3.99. The van der Waals surface area contributed by atoms with Crippen LogP contribution in [0.25, 0.3) is 0 Å². The van der Waals surface area contributed by atoms with E-state index in [2.05, 4.69) is 30.1 Å². The van der Waals surface area contributed by atoms with Gasteiger partial charge in [-0.05, 0) is 46.2 Å².